The molecule has 0 spiro atoms. The fraction of sp³-hybridized carbons (Fsp3) is 0.312. The molecule has 1 heterocycles. The number of unbranched alkanes of at least 4 members (excludes halogenated alkanes) is 1. The molecule has 5 nitrogen and oxygen atoms in total. The van der Waals surface area contributed by atoms with Gasteiger partial charge in [0.15, 0.2) is 5.16 Å². The molecular formula is C16H15F2N3O2S. The van der Waals surface area contributed by atoms with Crippen LogP contribution >= 0.6 is 11.8 Å². The number of thioether (sulfide) groups is 1. The maximum absolute atomic E-state index is 14.4. The van der Waals surface area contributed by atoms with E-state index in [9.17, 15) is 13.6 Å². The fourth-order valence-corrected chi connectivity index (χ4v) is 2.40. The summed E-state index contributed by atoms with van der Waals surface area (Å²) in [4.78, 5) is 18.2. The van der Waals surface area contributed by atoms with Gasteiger partial charge in [0.05, 0.1) is 12.2 Å². The summed E-state index contributed by atoms with van der Waals surface area (Å²) < 4.78 is 34.1. The van der Waals surface area contributed by atoms with E-state index in [1.54, 1.807) is 12.3 Å². The number of H-pyrrole nitrogens is 1. The molecule has 1 aromatic carbocycles. The van der Waals surface area contributed by atoms with Crippen molar-refractivity contribution in [3.8, 4) is 23.1 Å². The maximum atomic E-state index is 14.4. The third-order valence-corrected chi connectivity index (χ3v) is 3.80. The molecule has 0 amide bonds. The lowest BCUT2D eigenvalue weighted by molar-refractivity contribution is 0.306. The van der Waals surface area contributed by atoms with E-state index in [1.807, 2.05) is 6.92 Å². The molecule has 0 fully saturated rings. The molecule has 0 atom stereocenters. The number of aromatic nitrogens is 2. The number of benzene rings is 1. The van der Waals surface area contributed by atoms with Gasteiger partial charge in [0.2, 0.25) is 0 Å². The smallest absolute Gasteiger partial charge is 0.270 e. The van der Waals surface area contributed by atoms with Crippen LogP contribution < -0.4 is 10.3 Å². The maximum Gasteiger partial charge on any atom is 0.270 e. The molecule has 8 heteroatoms. The van der Waals surface area contributed by atoms with Crippen LogP contribution in [0.3, 0.4) is 0 Å². The first-order chi connectivity index (χ1) is 11.5. The second kappa shape index (κ2) is 7.93. The molecule has 1 aromatic heterocycles. The van der Waals surface area contributed by atoms with Crippen molar-refractivity contribution in [1.29, 1.82) is 5.26 Å². The highest BCUT2D eigenvalue weighted by molar-refractivity contribution is 7.98. The molecule has 126 valence electrons. The Morgan fingerprint density at radius 1 is 1.38 bits per heavy atom. The zero-order valence-corrected chi connectivity index (χ0v) is 14.0. The van der Waals surface area contributed by atoms with Gasteiger partial charge in [-0.15, -0.1) is 0 Å². The van der Waals surface area contributed by atoms with Crippen molar-refractivity contribution in [3.05, 3.63) is 39.7 Å². The molecule has 0 aliphatic carbocycles. The van der Waals surface area contributed by atoms with Crippen molar-refractivity contribution in [1.82, 2.24) is 9.97 Å². The van der Waals surface area contributed by atoms with Crippen LogP contribution in [0.2, 0.25) is 0 Å². The van der Waals surface area contributed by atoms with Gasteiger partial charge >= 0.3 is 0 Å². The first-order valence-corrected chi connectivity index (χ1v) is 8.44. The van der Waals surface area contributed by atoms with E-state index in [0.29, 0.717) is 6.61 Å². The van der Waals surface area contributed by atoms with Crippen molar-refractivity contribution in [3.63, 3.8) is 0 Å². The van der Waals surface area contributed by atoms with Crippen molar-refractivity contribution in [2.75, 3.05) is 12.9 Å². The molecule has 0 aliphatic heterocycles. The number of hydrogen-bond acceptors (Lipinski definition) is 5. The van der Waals surface area contributed by atoms with Gasteiger partial charge in [-0.05, 0) is 12.7 Å². The van der Waals surface area contributed by atoms with Gasteiger partial charge in [-0.25, -0.2) is 13.8 Å². The minimum Gasteiger partial charge on any atom is -0.493 e. The second-order valence-corrected chi connectivity index (χ2v) is 5.67. The van der Waals surface area contributed by atoms with E-state index in [4.69, 9.17) is 10.00 Å². The molecule has 0 aliphatic rings. The molecule has 0 saturated heterocycles. The van der Waals surface area contributed by atoms with Crippen LogP contribution in [-0.2, 0) is 0 Å². The van der Waals surface area contributed by atoms with Gasteiger partial charge in [0.1, 0.15) is 34.7 Å². The van der Waals surface area contributed by atoms with E-state index in [-0.39, 0.29) is 16.6 Å². The van der Waals surface area contributed by atoms with Crippen molar-refractivity contribution < 1.29 is 13.5 Å². The van der Waals surface area contributed by atoms with Gasteiger partial charge in [-0.1, -0.05) is 25.1 Å². The summed E-state index contributed by atoms with van der Waals surface area (Å²) in [5.41, 5.74) is -2.02. The zero-order valence-electron chi connectivity index (χ0n) is 13.2. The first-order valence-electron chi connectivity index (χ1n) is 7.22. The van der Waals surface area contributed by atoms with Gasteiger partial charge < -0.3 is 9.72 Å². The van der Waals surface area contributed by atoms with E-state index in [1.165, 1.54) is 0 Å². The van der Waals surface area contributed by atoms with Crippen LogP contribution in [0.15, 0.2) is 22.1 Å². The summed E-state index contributed by atoms with van der Waals surface area (Å²) in [5.74, 6) is -1.83. The predicted molar refractivity (Wildman–Crippen MR) is 87.1 cm³/mol. The number of aromatic amines is 1. The van der Waals surface area contributed by atoms with Crippen molar-refractivity contribution in [2.45, 2.75) is 24.9 Å². The average Bonchev–Trinajstić information content (AvgIpc) is 2.54. The van der Waals surface area contributed by atoms with E-state index in [0.717, 1.165) is 36.7 Å². The number of nitrogens with zero attached hydrogens (tertiary/aromatic N) is 2. The molecule has 0 unspecified atom stereocenters. The van der Waals surface area contributed by atoms with Crippen LogP contribution in [0.25, 0.3) is 11.3 Å². The standard InChI is InChI=1S/C16H15F2N3O2S/c1-3-4-5-23-9-6-11(17)13(12(18)7-9)14-10(8-19)15(22)21-16(20-14)24-2/h6-7H,3-5H2,1-2H3,(H,20,21,22). The predicted octanol–water partition coefficient (Wildman–Crippen LogP) is 3.49. The minimum atomic E-state index is -0.942. The Kier molecular flexibility index (Phi) is 5.93. The molecule has 0 radical (unpaired) electrons. The highest BCUT2D eigenvalue weighted by Gasteiger charge is 2.21. The largest absolute Gasteiger partial charge is 0.493 e. The van der Waals surface area contributed by atoms with Crippen LogP contribution in [0.5, 0.6) is 5.75 Å². The molecule has 2 aromatic rings. The molecule has 2 rings (SSSR count). The average molecular weight is 351 g/mol. The molecule has 1 N–H and O–H groups in total. The topological polar surface area (TPSA) is 78.8 Å². The quantitative estimate of drug-likeness (QED) is 0.490. The minimum absolute atomic E-state index is 0.0515. The Balaban J connectivity index is 2.55. The first kappa shape index (κ1) is 17.9. The van der Waals surface area contributed by atoms with Gasteiger partial charge in [0, 0.05) is 12.1 Å². The molecule has 0 saturated carbocycles. The lowest BCUT2D eigenvalue weighted by atomic mass is 10.1. The van der Waals surface area contributed by atoms with Gasteiger partial charge in [-0.3, -0.25) is 4.79 Å². The second-order valence-electron chi connectivity index (χ2n) is 4.87. The Bertz CT molecular complexity index is 823. The highest BCUT2D eigenvalue weighted by atomic mass is 32.2. The van der Waals surface area contributed by atoms with Gasteiger partial charge in [0.25, 0.3) is 5.56 Å². The summed E-state index contributed by atoms with van der Waals surface area (Å²) in [7, 11) is 0. The lowest BCUT2D eigenvalue weighted by Gasteiger charge is -2.10. The van der Waals surface area contributed by atoms with E-state index < -0.39 is 28.3 Å². The summed E-state index contributed by atoms with van der Waals surface area (Å²) in [5, 5.41) is 9.28. The fourth-order valence-electron chi connectivity index (χ4n) is 2.03. The number of halogens is 2. The van der Waals surface area contributed by atoms with Crippen LogP contribution in [0.4, 0.5) is 8.78 Å². The Hall–Kier alpha value is -2.40. The molecule has 24 heavy (non-hydrogen) atoms. The molecule has 0 bridgehead atoms. The highest BCUT2D eigenvalue weighted by Crippen LogP contribution is 2.30. The Morgan fingerprint density at radius 2 is 2.04 bits per heavy atom. The third kappa shape index (κ3) is 3.74. The number of nitriles is 1. The monoisotopic (exact) mass is 351 g/mol. The molecular weight excluding hydrogens is 336 g/mol. The number of hydrogen-bond donors (Lipinski definition) is 1. The summed E-state index contributed by atoms with van der Waals surface area (Å²) in [6, 6.07) is 3.69. The third-order valence-electron chi connectivity index (χ3n) is 3.22. The van der Waals surface area contributed by atoms with Crippen LogP contribution in [-0.4, -0.2) is 22.8 Å². The number of ether oxygens (including phenoxy) is 1. The van der Waals surface area contributed by atoms with Crippen molar-refractivity contribution in [2.24, 2.45) is 0 Å². The van der Waals surface area contributed by atoms with E-state index in [2.05, 4.69) is 9.97 Å². The summed E-state index contributed by atoms with van der Waals surface area (Å²) >= 11 is 1.09. The Labute approximate surface area is 141 Å². The normalized spacial score (nSPS) is 10.5. The van der Waals surface area contributed by atoms with E-state index >= 15 is 0 Å². The zero-order chi connectivity index (χ0) is 17.7. The van der Waals surface area contributed by atoms with Gasteiger partial charge in [-0.2, -0.15) is 5.26 Å². The Morgan fingerprint density at radius 3 is 2.58 bits per heavy atom. The SMILES string of the molecule is CCCCOc1cc(F)c(-c2nc(SC)[nH]c(=O)c2C#N)c(F)c1. The summed E-state index contributed by atoms with van der Waals surface area (Å²) in [6.07, 6.45) is 3.30. The summed E-state index contributed by atoms with van der Waals surface area (Å²) in [6.45, 7) is 2.32. The van der Waals surface area contributed by atoms with Crippen LogP contribution in [0.1, 0.15) is 25.3 Å². The number of rotatable bonds is 6. The lowest BCUT2D eigenvalue weighted by Crippen LogP contribution is -2.15. The van der Waals surface area contributed by atoms with Crippen LogP contribution in [0, 0.1) is 23.0 Å². The number of nitrogens with one attached hydrogen (secondary N) is 1. The van der Waals surface area contributed by atoms with Crippen molar-refractivity contribution >= 4 is 11.8 Å².